The second-order valence-electron chi connectivity index (χ2n) is 7.23. The van der Waals surface area contributed by atoms with Crippen molar-refractivity contribution in [3.63, 3.8) is 0 Å². The minimum absolute atomic E-state index is 0.466. The van der Waals surface area contributed by atoms with Gasteiger partial charge in [0.05, 0.1) is 6.61 Å². The highest BCUT2D eigenvalue weighted by molar-refractivity contribution is 6.15. The van der Waals surface area contributed by atoms with Gasteiger partial charge in [0.2, 0.25) is 6.29 Å². The summed E-state index contributed by atoms with van der Waals surface area (Å²) in [5.74, 6) is 0.466. The van der Waals surface area contributed by atoms with Gasteiger partial charge in [0, 0.05) is 0 Å². The summed E-state index contributed by atoms with van der Waals surface area (Å²) in [6.07, 6.45) is -6.52. The van der Waals surface area contributed by atoms with Gasteiger partial charge in [0.15, 0.2) is 0 Å². The molecule has 0 bridgehead atoms. The minimum Gasteiger partial charge on any atom is -0.462 e. The summed E-state index contributed by atoms with van der Waals surface area (Å²) < 4.78 is 11.2. The Kier molecular flexibility index (Phi) is 4.12. The number of aliphatic hydroxyl groups excluding tert-OH is 4. The molecule has 3 aromatic rings. The van der Waals surface area contributed by atoms with E-state index in [1.807, 2.05) is 24.3 Å². The maximum absolute atomic E-state index is 10.2. The SMILES string of the molecule is OCC1OC(Oc2ccc3c(c2)-c2cccc4cccc-3c24)C(O)C(O)C1O. The highest BCUT2D eigenvalue weighted by Gasteiger charge is 2.44. The smallest absolute Gasteiger partial charge is 0.229 e. The van der Waals surface area contributed by atoms with Crippen LogP contribution in [0.15, 0.2) is 54.6 Å². The van der Waals surface area contributed by atoms with Crippen LogP contribution in [0.5, 0.6) is 5.75 Å². The molecule has 28 heavy (non-hydrogen) atoms. The summed E-state index contributed by atoms with van der Waals surface area (Å²) in [5, 5.41) is 41.7. The van der Waals surface area contributed by atoms with Crippen LogP contribution in [-0.4, -0.2) is 57.7 Å². The van der Waals surface area contributed by atoms with Crippen LogP contribution < -0.4 is 4.74 Å². The Bertz CT molecular complexity index is 1040. The number of rotatable bonds is 3. The third kappa shape index (κ3) is 2.54. The molecule has 1 aliphatic carbocycles. The summed E-state index contributed by atoms with van der Waals surface area (Å²) in [4.78, 5) is 0. The van der Waals surface area contributed by atoms with Gasteiger partial charge in [-0.25, -0.2) is 0 Å². The molecule has 0 saturated carbocycles. The molecule has 0 spiro atoms. The summed E-state index contributed by atoms with van der Waals surface area (Å²) in [6.45, 7) is -0.494. The molecule has 0 amide bonds. The van der Waals surface area contributed by atoms with E-state index in [2.05, 4.69) is 24.3 Å². The van der Waals surface area contributed by atoms with Gasteiger partial charge in [-0.3, -0.25) is 0 Å². The van der Waals surface area contributed by atoms with Gasteiger partial charge in [-0.1, -0.05) is 42.5 Å². The van der Waals surface area contributed by atoms with Gasteiger partial charge in [-0.05, 0) is 45.2 Å². The van der Waals surface area contributed by atoms with E-state index in [1.54, 1.807) is 6.07 Å². The zero-order chi connectivity index (χ0) is 19.4. The Morgan fingerprint density at radius 1 is 0.786 bits per heavy atom. The van der Waals surface area contributed by atoms with E-state index in [9.17, 15) is 20.4 Å². The lowest BCUT2D eigenvalue weighted by atomic mass is 9.99. The molecule has 0 radical (unpaired) electrons. The normalized spacial score (nSPS) is 28.4. The van der Waals surface area contributed by atoms with E-state index < -0.39 is 37.3 Å². The molecule has 6 nitrogen and oxygen atoms in total. The zero-order valence-electron chi connectivity index (χ0n) is 14.9. The van der Waals surface area contributed by atoms with E-state index in [0.29, 0.717) is 5.75 Å². The van der Waals surface area contributed by atoms with Crippen molar-refractivity contribution in [3.05, 3.63) is 54.6 Å². The zero-order valence-corrected chi connectivity index (χ0v) is 14.9. The topological polar surface area (TPSA) is 99.4 Å². The summed E-state index contributed by atoms with van der Waals surface area (Å²) in [6, 6.07) is 18.0. The van der Waals surface area contributed by atoms with Crippen molar-refractivity contribution in [3.8, 4) is 28.0 Å². The summed E-state index contributed by atoms with van der Waals surface area (Å²) >= 11 is 0. The highest BCUT2D eigenvalue weighted by atomic mass is 16.7. The summed E-state index contributed by atoms with van der Waals surface area (Å²) in [7, 11) is 0. The molecule has 1 aliphatic heterocycles. The number of aliphatic hydroxyl groups is 4. The Balaban J connectivity index is 1.49. The first-order chi connectivity index (χ1) is 13.6. The number of hydrogen-bond acceptors (Lipinski definition) is 6. The predicted octanol–water partition coefficient (Wildman–Crippen LogP) is 1.67. The second-order valence-corrected chi connectivity index (χ2v) is 7.23. The summed E-state index contributed by atoms with van der Waals surface area (Å²) in [5.41, 5.74) is 4.41. The van der Waals surface area contributed by atoms with Gasteiger partial charge in [-0.15, -0.1) is 0 Å². The van der Waals surface area contributed by atoms with Crippen LogP contribution in [0, 0.1) is 0 Å². The maximum atomic E-state index is 10.2. The molecule has 1 saturated heterocycles. The van der Waals surface area contributed by atoms with Crippen molar-refractivity contribution in [2.45, 2.75) is 30.7 Å². The number of benzene rings is 3. The van der Waals surface area contributed by atoms with Crippen molar-refractivity contribution in [2.75, 3.05) is 6.61 Å². The molecular weight excluding hydrogens is 360 g/mol. The van der Waals surface area contributed by atoms with Crippen LogP contribution >= 0.6 is 0 Å². The van der Waals surface area contributed by atoms with Crippen LogP contribution in [0.3, 0.4) is 0 Å². The average Bonchev–Trinajstić information content (AvgIpc) is 3.04. The molecule has 1 heterocycles. The fourth-order valence-electron chi connectivity index (χ4n) is 4.14. The van der Waals surface area contributed by atoms with Crippen LogP contribution in [0.25, 0.3) is 33.0 Å². The fourth-order valence-corrected chi connectivity index (χ4v) is 4.14. The van der Waals surface area contributed by atoms with E-state index in [0.717, 1.165) is 16.7 Å². The molecule has 2 aliphatic rings. The van der Waals surface area contributed by atoms with Gasteiger partial charge >= 0.3 is 0 Å². The molecule has 1 fully saturated rings. The first-order valence-corrected chi connectivity index (χ1v) is 9.22. The molecule has 0 aromatic heterocycles. The van der Waals surface area contributed by atoms with E-state index in [4.69, 9.17) is 9.47 Å². The minimum atomic E-state index is -1.47. The quantitative estimate of drug-likeness (QED) is 0.432. The molecule has 144 valence electrons. The van der Waals surface area contributed by atoms with Crippen molar-refractivity contribution in [1.82, 2.24) is 0 Å². The first-order valence-electron chi connectivity index (χ1n) is 9.22. The van der Waals surface area contributed by atoms with Gasteiger partial charge in [0.1, 0.15) is 30.2 Å². The third-order valence-corrected chi connectivity index (χ3v) is 5.58. The van der Waals surface area contributed by atoms with Crippen molar-refractivity contribution < 1.29 is 29.9 Å². The molecule has 4 N–H and O–H groups in total. The lowest BCUT2D eigenvalue weighted by molar-refractivity contribution is -0.277. The number of fused-ring (bicyclic) bond motifs is 3. The average molecular weight is 380 g/mol. The Morgan fingerprint density at radius 2 is 1.50 bits per heavy atom. The largest absolute Gasteiger partial charge is 0.462 e. The Labute approximate surface area is 161 Å². The fraction of sp³-hybridized carbons (Fsp3) is 0.273. The maximum Gasteiger partial charge on any atom is 0.229 e. The van der Waals surface area contributed by atoms with Crippen molar-refractivity contribution in [2.24, 2.45) is 0 Å². The lowest BCUT2D eigenvalue weighted by Crippen LogP contribution is -2.60. The Morgan fingerprint density at radius 3 is 2.21 bits per heavy atom. The molecule has 6 heteroatoms. The molecular formula is C22H20O6. The van der Waals surface area contributed by atoms with Crippen molar-refractivity contribution >= 4 is 10.8 Å². The van der Waals surface area contributed by atoms with Crippen LogP contribution in [0.4, 0.5) is 0 Å². The lowest BCUT2D eigenvalue weighted by Gasteiger charge is -2.39. The number of ether oxygens (including phenoxy) is 2. The highest BCUT2D eigenvalue weighted by Crippen LogP contribution is 2.48. The monoisotopic (exact) mass is 380 g/mol. The molecule has 5 rings (SSSR count). The molecule has 5 unspecified atom stereocenters. The van der Waals surface area contributed by atoms with E-state index in [-0.39, 0.29) is 0 Å². The number of hydrogen-bond donors (Lipinski definition) is 4. The van der Waals surface area contributed by atoms with Crippen LogP contribution in [0.1, 0.15) is 0 Å². The second kappa shape index (κ2) is 6.55. The first kappa shape index (κ1) is 17.6. The van der Waals surface area contributed by atoms with E-state index in [1.165, 1.54) is 16.3 Å². The van der Waals surface area contributed by atoms with E-state index >= 15 is 0 Å². The Hall–Kier alpha value is -2.48. The van der Waals surface area contributed by atoms with Crippen LogP contribution in [-0.2, 0) is 4.74 Å². The van der Waals surface area contributed by atoms with Crippen LogP contribution in [0.2, 0.25) is 0 Å². The van der Waals surface area contributed by atoms with Gasteiger partial charge in [-0.2, -0.15) is 0 Å². The standard InChI is InChI=1S/C22H20O6/c23-10-17-19(24)20(25)21(26)22(28-17)27-12-7-8-13-14-5-1-3-11-4-2-6-15(18(11)14)16(13)9-12/h1-9,17,19-26H,10H2. The van der Waals surface area contributed by atoms with Gasteiger partial charge in [0.25, 0.3) is 0 Å². The third-order valence-electron chi connectivity index (χ3n) is 5.58. The van der Waals surface area contributed by atoms with Gasteiger partial charge < -0.3 is 29.9 Å². The molecule has 3 aromatic carbocycles. The molecule has 5 atom stereocenters. The van der Waals surface area contributed by atoms with Crippen molar-refractivity contribution in [1.29, 1.82) is 0 Å². The predicted molar refractivity (Wildman–Crippen MR) is 103 cm³/mol.